The van der Waals surface area contributed by atoms with Crippen LogP contribution < -0.4 is 0 Å². The van der Waals surface area contributed by atoms with Crippen molar-refractivity contribution in [1.82, 2.24) is 4.90 Å². The molecule has 3 rings (SSSR count). The van der Waals surface area contributed by atoms with Gasteiger partial charge in [0.2, 0.25) is 5.91 Å². The second-order valence-corrected chi connectivity index (χ2v) is 6.88. The minimum absolute atomic E-state index is 0.0762. The summed E-state index contributed by atoms with van der Waals surface area (Å²) in [7, 11) is 0. The third-order valence-corrected chi connectivity index (χ3v) is 5.23. The molecule has 2 atom stereocenters. The number of carbonyl (C=O) groups excluding carboxylic acids is 1. The Bertz CT molecular complexity index is 723. The first kappa shape index (κ1) is 17.5. The predicted octanol–water partition coefficient (Wildman–Crippen LogP) is 2.83. The zero-order valence-corrected chi connectivity index (χ0v) is 14.4. The van der Waals surface area contributed by atoms with Crippen LogP contribution in [0, 0.1) is 0 Å². The minimum Gasteiger partial charge on any atom is -0.479 e. The standard InChI is InChI=1S/C19H19NO4S/c21-18(20-11-12-24-16(13-20)19(22)23)17(14-7-3-1-4-8-14)25-15-9-5-2-6-10-15/h1-10,16-17H,11-13H2,(H,22,23). The molecule has 1 aliphatic rings. The Balaban J connectivity index is 1.83. The number of rotatable bonds is 5. The van der Waals surface area contributed by atoms with Crippen LogP contribution in [0.3, 0.4) is 0 Å². The maximum Gasteiger partial charge on any atom is 0.334 e. The number of carboxylic acid groups (broad SMARTS) is 1. The zero-order chi connectivity index (χ0) is 17.6. The summed E-state index contributed by atoms with van der Waals surface area (Å²) in [5, 5.41) is 8.74. The van der Waals surface area contributed by atoms with E-state index < -0.39 is 17.3 Å². The van der Waals surface area contributed by atoms with Gasteiger partial charge in [0, 0.05) is 11.4 Å². The number of hydrogen-bond donors (Lipinski definition) is 1. The molecule has 25 heavy (non-hydrogen) atoms. The number of hydrogen-bond acceptors (Lipinski definition) is 4. The number of amides is 1. The summed E-state index contributed by atoms with van der Waals surface area (Å²) in [4.78, 5) is 26.9. The number of carboxylic acids is 1. The van der Waals surface area contributed by atoms with E-state index in [1.54, 1.807) is 4.90 Å². The molecule has 1 N–H and O–H groups in total. The molecular formula is C19H19NO4S. The summed E-state index contributed by atoms with van der Waals surface area (Å²) >= 11 is 1.47. The first-order chi connectivity index (χ1) is 12.1. The van der Waals surface area contributed by atoms with Crippen molar-refractivity contribution in [3.05, 3.63) is 66.2 Å². The van der Waals surface area contributed by atoms with Gasteiger partial charge in [0.15, 0.2) is 6.10 Å². The molecular weight excluding hydrogens is 338 g/mol. The zero-order valence-electron chi connectivity index (χ0n) is 13.6. The number of ether oxygens (including phenoxy) is 1. The molecule has 1 aliphatic heterocycles. The van der Waals surface area contributed by atoms with Crippen LogP contribution in [0.4, 0.5) is 0 Å². The van der Waals surface area contributed by atoms with Gasteiger partial charge in [-0.25, -0.2) is 4.79 Å². The number of carbonyl (C=O) groups is 2. The average molecular weight is 357 g/mol. The van der Waals surface area contributed by atoms with Crippen molar-refractivity contribution in [1.29, 1.82) is 0 Å². The van der Waals surface area contributed by atoms with Crippen LogP contribution >= 0.6 is 11.8 Å². The van der Waals surface area contributed by atoms with Crippen molar-refractivity contribution in [2.75, 3.05) is 19.7 Å². The van der Waals surface area contributed by atoms with Crippen molar-refractivity contribution in [3.63, 3.8) is 0 Å². The average Bonchev–Trinajstić information content (AvgIpc) is 2.67. The summed E-state index contributed by atoms with van der Waals surface area (Å²) in [5.41, 5.74) is 0.903. The third kappa shape index (κ3) is 4.41. The van der Waals surface area contributed by atoms with Crippen molar-refractivity contribution in [2.24, 2.45) is 0 Å². The van der Waals surface area contributed by atoms with Crippen LogP contribution in [0.2, 0.25) is 0 Å². The molecule has 1 amide bonds. The van der Waals surface area contributed by atoms with E-state index in [9.17, 15) is 9.59 Å². The highest BCUT2D eigenvalue weighted by molar-refractivity contribution is 8.00. The lowest BCUT2D eigenvalue weighted by Gasteiger charge is -2.33. The van der Waals surface area contributed by atoms with Gasteiger partial charge in [-0.2, -0.15) is 0 Å². The molecule has 0 spiro atoms. The van der Waals surface area contributed by atoms with Crippen LogP contribution in [0.25, 0.3) is 0 Å². The van der Waals surface area contributed by atoms with Gasteiger partial charge in [-0.3, -0.25) is 4.79 Å². The first-order valence-electron chi connectivity index (χ1n) is 8.05. The highest BCUT2D eigenvalue weighted by Gasteiger charge is 2.33. The van der Waals surface area contributed by atoms with E-state index in [1.807, 2.05) is 60.7 Å². The largest absolute Gasteiger partial charge is 0.479 e. The Morgan fingerprint density at radius 1 is 1.08 bits per heavy atom. The van der Waals surface area contributed by atoms with Gasteiger partial charge < -0.3 is 14.7 Å². The van der Waals surface area contributed by atoms with E-state index in [1.165, 1.54) is 11.8 Å². The van der Waals surface area contributed by atoms with Crippen molar-refractivity contribution in [3.8, 4) is 0 Å². The number of aliphatic carboxylic acids is 1. The number of nitrogens with zero attached hydrogens (tertiary/aromatic N) is 1. The van der Waals surface area contributed by atoms with Crippen molar-refractivity contribution < 1.29 is 19.4 Å². The molecule has 0 aromatic heterocycles. The predicted molar refractivity (Wildman–Crippen MR) is 95.4 cm³/mol. The Kier molecular flexibility index (Phi) is 5.73. The van der Waals surface area contributed by atoms with Crippen LogP contribution in [0.15, 0.2) is 65.6 Å². The van der Waals surface area contributed by atoms with Crippen LogP contribution in [-0.4, -0.2) is 47.7 Å². The van der Waals surface area contributed by atoms with Gasteiger partial charge >= 0.3 is 5.97 Å². The molecule has 0 bridgehead atoms. The van der Waals surface area contributed by atoms with Crippen molar-refractivity contribution >= 4 is 23.6 Å². The summed E-state index contributed by atoms with van der Waals surface area (Å²) < 4.78 is 5.22. The van der Waals surface area contributed by atoms with E-state index in [-0.39, 0.29) is 19.1 Å². The quantitative estimate of drug-likeness (QED) is 0.834. The normalized spacial score (nSPS) is 18.6. The monoisotopic (exact) mass is 357 g/mol. The molecule has 0 saturated carbocycles. The second kappa shape index (κ2) is 8.18. The van der Waals surface area contributed by atoms with Gasteiger partial charge in [0.25, 0.3) is 0 Å². The van der Waals surface area contributed by atoms with Crippen molar-refractivity contribution in [2.45, 2.75) is 16.2 Å². The topological polar surface area (TPSA) is 66.8 Å². The number of morpholine rings is 1. The van der Waals surface area contributed by atoms with E-state index in [0.717, 1.165) is 10.5 Å². The Labute approximate surface area is 150 Å². The molecule has 0 radical (unpaired) electrons. The van der Waals surface area contributed by atoms with E-state index in [4.69, 9.17) is 9.84 Å². The smallest absolute Gasteiger partial charge is 0.334 e. The highest BCUT2D eigenvalue weighted by Crippen LogP contribution is 2.36. The third-order valence-electron chi connectivity index (χ3n) is 3.98. The molecule has 0 aliphatic carbocycles. The minimum atomic E-state index is -1.04. The lowest BCUT2D eigenvalue weighted by Crippen LogP contribution is -2.49. The molecule has 2 aromatic rings. The fourth-order valence-corrected chi connectivity index (χ4v) is 3.82. The molecule has 2 unspecified atom stereocenters. The summed E-state index contributed by atoms with van der Waals surface area (Å²) in [5.74, 6) is -1.13. The van der Waals surface area contributed by atoms with E-state index in [2.05, 4.69) is 0 Å². The fraction of sp³-hybridized carbons (Fsp3) is 0.263. The van der Waals surface area contributed by atoms with Gasteiger partial charge in [-0.1, -0.05) is 48.5 Å². The molecule has 1 heterocycles. The summed E-state index contributed by atoms with van der Waals surface area (Å²) in [6.07, 6.45) is -0.962. The summed E-state index contributed by atoms with van der Waals surface area (Å²) in [6.45, 7) is 0.717. The Morgan fingerprint density at radius 3 is 2.36 bits per heavy atom. The lowest BCUT2D eigenvalue weighted by molar-refractivity contribution is -0.159. The summed E-state index contributed by atoms with van der Waals surface area (Å²) in [6, 6.07) is 19.3. The lowest BCUT2D eigenvalue weighted by atomic mass is 10.1. The van der Waals surface area contributed by atoms with Crippen LogP contribution in [0.5, 0.6) is 0 Å². The maximum absolute atomic E-state index is 13.1. The number of benzene rings is 2. The Morgan fingerprint density at radius 2 is 1.72 bits per heavy atom. The first-order valence-corrected chi connectivity index (χ1v) is 8.93. The highest BCUT2D eigenvalue weighted by atomic mass is 32.2. The van der Waals surface area contributed by atoms with Crippen LogP contribution in [0.1, 0.15) is 10.8 Å². The van der Waals surface area contributed by atoms with Crippen LogP contribution in [-0.2, 0) is 14.3 Å². The number of thioether (sulfide) groups is 1. The Hall–Kier alpha value is -2.31. The molecule has 6 heteroatoms. The second-order valence-electron chi connectivity index (χ2n) is 5.70. The molecule has 2 aromatic carbocycles. The molecule has 1 fully saturated rings. The van der Waals surface area contributed by atoms with E-state index >= 15 is 0 Å². The van der Waals surface area contributed by atoms with Gasteiger partial charge in [0.05, 0.1) is 13.2 Å². The molecule has 130 valence electrons. The van der Waals surface area contributed by atoms with Gasteiger partial charge in [-0.05, 0) is 17.7 Å². The maximum atomic E-state index is 13.1. The van der Waals surface area contributed by atoms with Gasteiger partial charge in [0.1, 0.15) is 5.25 Å². The molecule has 1 saturated heterocycles. The SMILES string of the molecule is O=C(O)C1CN(C(=O)C(Sc2ccccc2)c2ccccc2)CCO1. The fourth-order valence-electron chi connectivity index (χ4n) is 2.69. The molecule has 5 nitrogen and oxygen atoms in total. The van der Waals surface area contributed by atoms with Gasteiger partial charge in [-0.15, -0.1) is 11.8 Å². The van der Waals surface area contributed by atoms with E-state index in [0.29, 0.717) is 6.54 Å².